The van der Waals surface area contributed by atoms with Crippen LogP contribution in [0.1, 0.15) is 19.4 Å². The van der Waals surface area contributed by atoms with Crippen LogP contribution >= 0.6 is 0 Å². The molecular weight excluding hydrogens is 222 g/mol. The van der Waals surface area contributed by atoms with Crippen LogP contribution in [0.15, 0.2) is 42.5 Å². The molecule has 0 unspecified atom stereocenters. The van der Waals surface area contributed by atoms with Crippen molar-refractivity contribution in [2.75, 3.05) is 5.73 Å². The Bertz CT molecular complexity index is 547. The Morgan fingerprint density at radius 1 is 1.00 bits per heavy atom. The summed E-state index contributed by atoms with van der Waals surface area (Å²) < 4.78 is 5.84. The molecule has 0 radical (unpaired) electrons. The Labute approximate surface area is 108 Å². The zero-order chi connectivity index (χ0) is 13.1. The molecule has 0 aliphatic rings. The number of nitrogen functional groups attached to an aromatic ring is 1. The molecule has 0 heterocycles. The maximum Gasteiger partial charge on any atom is 0.127 e. The first-order chi connectivity index (χ1) is 8.58. The molecule has 0 aromatic heterocycles. The number of nitrogens with two attached hydrogens (primary N) is 1. The van der Waals surface area contributed by atoms with E-state index in [9.17, 15) is 0 Å². The van der Waals surface area contributed by atoms with E-state index in [1.54, 1.807) is 0 Å². The average molecular weight is 241 g/mol. The quantitative estimate of drug-likeness (QED) is 0.823. The summed E-state index contributed by atoms with van der Waals surface area (Å²) in [5, 5.41) is 0. The van der Waals surface area contributed by atoms with Gasteiger partial charge >= 0.3 is 0 Å². The fourth-order valence-corrected chi connectivity index (χ4v) is 1.95. The first-order valence-electron chi connectivity index (χ1n) is 6.20. The molecule has 2 rings (SSSR count). The lowest BCUT2D eigenvalue weighted by atomic mass is 10.0. The molecule has 0 fully saturated rings. The van der Waals surface area contributed by atoms with Crippen molar-refractivity contribution in [2.45, 2.75) is 26.9 Å². The summed E-state index contributed by atoms with van der Waals surface area (Å²) in [4.78, 5) is 0. The van der Waals surface area contributed by atoms with Gasteiger partial charge in [-0.2, -0.15) is 0 Å². The van der Waals surface area contributed by atoms with Crippen LogP contribution in [0.2, 0.25) is 0 Å². The Hall–Kier alpha value is -1.96. The van der Waals surface area contributed by atoms with Gasteiger partial charge in [-0.1, -0.05) is 29.8 Å². The van der Waals surface area contributed by atoms with E-state index in [-0.39, 0.29) is 6.10 Å². The molecule has 2 aromatic carbocycles. The third kappa shape index (κ3) is 2.65. The molecule has 2 N–H and O–H groups in total. The summed E-state index contributed by atoms with van der Waals surface area (Å²) in [6.45, 7) is 6.11. The number of rotatable bonds is 3. The minimum atomic E-state index is 0.150. The molecule has 0 saturated heterocycles. The van der Waals surface area contributed by atoms with Gasteiger partial charge in [0, 0.05) is 16.8 Å². The lowest BCUT2D eigenvalue weighted by Crippen LogP contribution is -2.06. The number of para-hydroxylation sites is 1. The number of hydrogen-bond acceptors (Lipinski definition) is 2. The molecule has 2 aromatic rings. The third-order valence-electron chi connectivity index (χ3n) is 2.75. The van der Waals surface area contributed by atoms with Crippen LogP contribution in [0.3, 0.4) is 0 Å². The highest BCUT2D eigenvalue weighted by atomic mass is 16.5. The number of aryl methyl sites for hydroxylation is 1. The summed E-state index contributed by atoms with van der Waals surface area (Å²) in [6, 6.07) is 14.1. The molecule has 0 saturated carbocycles. The Morgan fingerprint density at radius 2 is 1.72 bits per heavy atom. The van der Waals surface area contributed by atoms with E-state index in [1.807, 2.05) is 50.2 Å². The van der Waals surface area contributed by atoms with Crippen molar-refractivity contribution >= 4 is 5.69 Å². The van der Waals surface area contributed by atoms with Gasteiger partial charge in [-0.15, -0.1) is 0 Å². The van der Waals surface area contributed by atoms with E-state index in [4.69, 9.17) is 10.5 Å². The van der Waals surface area contributed by atoms with Gasteiger partial charge < -0.3 is 10.5 Å². The molecule has 94 valence electrons. The summed E-state index contributed by atoms with van der Waals surface area (Å²) in [5.41, 5.74) is 10.1. The van der Waals surface area contributed by atoms with E-state index in [2.05, 4.69) is 13.0 Å². The maximum absolute atomic E-state index is 6.07. The van der Waals surface area contributed by atoms with Gasteiger partial charge in [0.2, 0.25) is 0 Å². The third-order valence-corrected chi connectivity index (χ3v) is 2.75. The van der Waals surface area contributed by atoms with Gasteiger partial charge in [0.15, 0.2) is 0 Å². The monoisotopic (exact) mass is 241 g/mol. The maximum atomic E-state index is 6.07. The van der Waals surface area contributed by atoms with Crippen LogP contribution in [0, 0.1) is 6.92 Å². The number of benzene rings is 2. The minimum Gasteiger partial charge on any atom is -0.490 e. The lowest BCUT2D eigenvalue weighted by molar-refractivity contribution is 0.243. The molecule has 0 atom stereocenters. The predicted molar refractivity (Wildman–Crippen MR) is 76.8 cm³/mol. The highest BCUT2D eigenvalue weighted by Crippen LogP contribution is 2.34. The predicted octanol–water partition coefficient (Wildman–Crippen LogP) is 4.03. The number of anilines is 1. The van der Waals surface area contributed by atoms with Crippen LogP contribution in [0.4, 0.5) is 5.69 Å². The van der Waals surface area contributed by atoms with E-state index < -0.39 is 0 Å². The molecule has 0 aliphatic heterocycles. The van der Waals surface area contributed by atoms with Gasteiger partial charge in [-0.25, -0.2) is 0 Å². The van der Waals surface area contributed by atoms with Crippen LogP contribution in [-0.4, -0.2) is 6.10 Å². The van der Waals surface area contributed by atoms with Crippen molar-refractivity contribution in [3.05, 3.63) is 48.0 Å². The van der Waals surface area contributed by atoms with Crippen LogP contribution < -0.4 is 10.5 Å². The zero-order valence-corrected chi connectivity index (χ0v) is 11.1. The van der Waals surface area contributed by atoms with E-state index in [0.29, 0.717) is 0 Å². The second kappa shape index (κ2) is 5.13. The molecular formula is C16H19NO. The molecule has 0 aliphatic carbocycles. The van der Waals surface area contributed by atoms with Gasteiger partial charge in [-0.05, 0) is 39.0 Å². The average Bonchev–Trinajstić information content (AvgIpc) is 2.32. The molecule has 18 heavy (non-hydrogen) atoms. The highest BCUT2D eigenvalue weighted by Gasteiger charge is 2.10. The Balaban J connectivity index is 2.53. The van der Waals surface area contributed by atoms with Crippen LogP contribution in [-0.2, 0) is 0 Å². The largest absolute Gasteiger partial charge is 0.490 e. The van der Waals surface area contributed by atoms with Gasteiger partial charge in [0.25, 0.3) is 0 Å². The summed E-state index contributed by atoms with van der Waals surface area (Å²) in [6.07, 6.45) is 0.150. The van der Waals surface area contributed by atoms with Gasteiger partial charge in [-0.3, -0.25) is 0 Å². The van der Waals surface area contributed by atoms with E-state index >= 15 is 0 Å². The molecule has 2 heteroatoms. The SMILES string of the molecule is Cc1ccc(N)c(-c2ccccc2OC(C)C)c1. The van der Waals surface area contributed by atoms with E-state index in [0.717, 1.165) is 22.6 Å². The number of ether oxygens (including phenoxy) is 1. The highest BCUT2D eigenvalue weighted by molar-refractivity contribution is 5.80. The first-order valence-corrected chi connectivity index (χ1v) is 6.20. The van der Waals surface area contributed by atoms with Gasteiger partial charge in [0.05, 0.1) is 6.10 Å². The Morgan fingerprint density at radius 3 is 2.44 bits per heavy atom. The second-order valence-electron chi connectivity index (χ2n) is 4.75. The van der Waals surface area contributed by atoms with Crippen molar-refractivity contribution in [1.29, 1.82) is 0 Å². The lowest BCUT2D eigenvalue weighted by Gasteiger charge is -2.15. The van der Waals surface area contributed by atoms with Crippen molar-refractivity contribution < 1.29 is 4.74 Å². The smallest absolute Gasteiger partial charge is 0.127 e. The van der Waals surface area contributed by atoms with E-state index in [1.165, 1.54) is 5.56 Å². The first kappa shape index (κ1) is 12.5. The summed E-state index contributed by atoms with van der Waals surface area (Å²) in [5.74, 6) is 0.879. The van der Waals surface area contributed by atoms with Crippen molar-refractivity contribution in [3.63, 3.8) is 0 Å². The Kier molecular flexibility index (Phi) is 3.56. The number of hydrogen-bond donors (Lipinski definition) is 1. The topological polar surface area (TPSA) is 35.2 Å². The molecule has 0 bridgehead atoms. The van der Waals surface area contributed by atoms with Crippen LogP contribution in [0.5, 0.6) is 5.75 Å². The molecule has 2 nitrogen and oxygen atoms in total. The molecule has 0 spiro atoms. The standard InChI is InChI=1S/C16H19NO/c1-11(2)18-16-7-5-4-6-13(16)14-10-12(3)8-9-15(14)17/h4-11H,17H2,1-3H3. The summed E-state index contributed by atoms with van der Waals surface area (Å²) >= 11 is 0. The normalized spacial score (nSPS) is 10.7. The van der Waals surface area contributed by atoms with Crippen LogP contribution in [0.25, 0.3) is 11.1 Å². The van der Waals surface area contributed by atoms with Crippen molar-refractivity contribution in [2.24, 2.45) is 0 Å². The fourth-order valence-electron chi connectivity index (χ4n) is 1.95. The zero-order valence-electron chi connectivity index (χ0n) is 11.1. The van der Waals surface area contributed by atoms with Crippen molar-refractivity contribution in [3.8, 4) is 16.9 Å². The minimum absolute atomic E-state index is 0.150. The summed E-state index contributed by atoms with van der Waals surface area (Å²) in [7, 11) is 0. The fraction of sp³-hybridized carbons (Fsp3) is 0.250. The van der Waals surface area contributed by atoms with Gasteiger partial charge in [0.1, 0.15) is 5.75 Å². The second-order valence-corrected chi connectivity index (χ2v) is 4.75. The van der Waals surface area contributed by atoms with Crippen molar-refractivity contribution in [1.82, 2.24) is 0 Å². The molecule has 0 amide bonds.